The van der Waals surface area contributed by atoms with Crippen LogP contribution in [0.3, 0.4) is 0 Å². The number of amides is 1. The van der Waals surface area contributed by atoms with Gasteiger partial charge >= 0.3 is 0 Å². The molecular formula is C11H11ClN4O. The first-order chi connectivity index (χ1) is 8.18. The Balaban J connectivity index is 2.10. The van der Waals surface area contributed by atoms with Crippen LogP contribution in [0.15, 0.2) is 36.8 Å². The van der Waals surface area contributed by atoms with Gasteiger partial charge in [0.2, 0.25) is 5.91 Å². The van der Waals surface area contributed by atoms with E-state index in [2.05, 4.69) is 15.4 Å². The SMILES string of the molecule is CC(C(=O)Nc1ncccc1Cl)n1cccn1. The number of nitrogens with zero attached hydrogens (tertiary/aromatic N) is 3. The number of nitrogens with one attached hydrogen (secondary N) is 1. The minimum atomic E-state index is -0.414. The number of hydrogen-bond acceptors (Lipinski definition) is 3. The van der Waals surface area contributed by atoms with E-state index >= 15 is 0 Å². The van der Waals surface area contributed by atoms with Gasteiger partial charge in [0.05, 0.1) is 5.02 Å². The molecule has 0 saturated carbocycles. The van der Waals surface area contributed by atoms with E-state index in [0.29, 0.717) is 10.8 Å². The molecule has 2 rings (SSSR count). The zero-order valence-corrected chi connectivity index (χ0v) is 9.93. The lowest BCUT2D eigenvalue weighted by Crippen LogP contribution is -2.24. The number of carbonyl (C=O) groups is 1. The number of pyridine rings is 1. The molecule has 0 aromatic carbocycles. The van der Waals surface area contributed by atoms with Gasteiger partial charge in [0.1, 0.15) is 6.04 Å². The molecule has 0 bridgehead atoms. The van der Waals surface area contributed by atoms with Crippen LogP contribution in [0.25, 0.3) is 0 Å². The summed E-state index contributed by atoms with van der Waals surface area (Å²) in [6.07, 6.45) is 4.92. The predicted octanol–water partition coefficient (Wildman–Crippen LogP) is 2.13. The maximum absolute atomic E-state index is 11.9. The van der Waals surface area contributed by atoms with Gasteiger partial charge < -0.3 is 5.32 Å². The van der Waals surface area contributed by atoms with E-state index in [4.69, 9.17) is 11.6 Å². The quantitative estimate of drug-likeness (QED) is 0.908. The average molecular weight is 251 g/mol. The highest BCUT2D eigenvalue weighted by Gasteiger charge is 2.16. The molecule has 0 aliphatic heterocycles. The van der Waals surface area contributed by atoms with Crippen molar-refractivity contribution in [2.45, 2.75) is 13.0 Å². The summed E-state index contributed by atoms with van der Waals surface area (Å²) in [5.74, 6) is 0.146. The molecular weight excluding hydrogens is 240 g/mol. The average Bonchev–Trinajstić information content (AvgIpc) is 2.84. The van der Waals surface area contributed by atoms with Crippen LogP contribution in [0.4, 0.5) is 5.82 Å². The van der Waals surface area contributed by atoms with Crippen molar-refractivity contribution in [3.8, 4) is 0 Å². The fourth-order valence-electron chi connectivity index (χ4n) is 1.33. The number of carbonyl (C=O) groups excluding carboxylic acids is 1. The van der Waals surface area contributed by atoms with E-state index in [9.17, 15) is 4.79 Å². The van der Waals surface area contributed by atoms with E-state index < -0.39 is 6.04 Å². The van der Waals surface area contributed by atoms with Crippen molar-refractivity contribution in [1.29, 1.82) is 0 Å². The highest BCUT2D eigenvalue weighted by atomic mass is 35.5. The van der Waals surface area contributed by atoms with Crippen LogP contribution in [0, 0.1) is 0 Å². The molecule has 5 nitrogen and oxygen atoms in total. The van der Waals surface area contributed by atoms with Crippen LogP contribution in [0.5, 0.6) is 0 Å². The van der Waals surface area contributed by atoms with E-state index in [0.717, 1.165) is 0 Å². The van der Waals surface area contributed by atoms with Gasteiger partial charge in [-0.25, -0.2) is 4.98 Å². The molecule has 2 aromatic heterocycles. The summed E-state index contributed by atoms with van der Waals surface area (Å²) in [6, 6.07) is 4.72. The largest absolute Gasteiger partial charge is 0.308 e. The summed E-state index contributed by atoms with van der Waals surface area (Å²) in [5.41, 5.74) is 0. The van der Waals surface area contributed by atoms with Crippen LogP contribution in [0.1, 0.15) is 13.0 Å². The van der Waals surface area contributed by atoms with Gasteiger partial charge in [0, 0.05) is 18.6 Å². The molecule has 1 atom stereocenters. The normalized spacial score (nSPS) is 12.1. The van der Waals surface area contributed by atoms with Gasteiger partial charge in [-0.2, -0.15) is 5.10 Å². The Morgan fingerprint density at radius 1 is 1.47 bits per heavy atom. The molecule has 88 valence electrons. The summed E-state index contributed by atoms with van der Waals surface area (Å²) in [5, 5.41) is 7.07. The number of halogens is 1. The molecule has 2 heterocycles. The Morgan fingerprint density at radius 2 is 2.29 bits per heavy atom. The second-order valence-electron chi connectivity index (χ2n) is 3.49. The first kappa shape index (κ1) is 11.6. The Bertz CT molecular complexity index is 512. The van der Waals surface area contributed by atoms with E-state index in [1.165, 1.54) is 0 Å². The van der Waals surface area contributed by atoms with Gasteiger partial charge in [-0.05, 0) is 25.1 Å². The molecule has 0 spiro atoms. The summed E-state index contributed by atoms with van der Waals surface area (Å²) >= 11 is 5.90. The molecule has 0 aliphatic carbocycles. The number of anilines is 1. The van der Waals surface area contributed by atoms with Gasteiger partial charge in [0.25, 0.3) is 0 Å². The lowest BCUT2D eigenvalue weighted by molar-refractivity contribution is -0.119. The van der Waals surface area contributed by atoms with E-state index in [-0.39, 0.29) is 5.91 Å². The zero-order valence-electron chi connectivity index (χ0n) is 9.17. The lowest BCUT2D eigenvalue weighted by Gasteiger charge is -2.12. The van der Waals surface area contributed by atoms with Gasteiger partial charge in [0.15, 0.2) is 5.82 Å². The zero-order chi connectivity index (χ0) is 12.3. The van der Waals surface area contributed by atoms with Crippen molar-refractivity contribution in [3.05, 3.63) is 41.8 Å². The fourth-order valence-corrected chi connectivity index (χ4v) is 1.50. The molecule has 0 radical (unpaired) electrons. The maximum atomic E-state index is 11.9. The van der Waals surface area contributed by atoms with Crippen LogP contribution in [0.2, 0.25) is 5.02 Å². The predicted molar refractivity (Wildman–Crippen MR) is 64.8 cm³/mol. The van der Waals surface area contributed by atoms with Crippen molar-refractivity contribution < 1.29 is 4.79 Å². The third kappa shape index (κ3) is 2.62. The molecule has 0 aliphatic rings. The molecule has 1 N–H and O–H groups in total. The summed E-state index contributed by atoms with van der Waals surface area (Å²) in [6.45, 7) is 1.75. The Kier molecular flexibility index (Phi) is 3.39. The Hall–Kier alpha value is -1.88. The van der Waals surface area contributed by atoms with Crippen molar-refractivity contribution in [2.24, 2.45) is 0 Å². The minimum Gasteiger partial charge on any atom is -0.308 e. The van der Waals surface area contributed by atoms with Gasteiger partial charge in [-0.3, -0.25) is 9.48 Å². The molecule has 1 unspecified atom stereocenters. The number of rotatable bonds is 3. The Labute approximate surface area is 103 Å². The third-order valence-electron chi connectivity index (χ3n) is 2.30. The molecule has 6 heteroatoms. The van der Waals surface area contributed by atoms with Crippen molar-refractivity contribution in [1.82, 2.24) is 14.8 Å². The molecule has 2 aromatic rings. The van der Waals surface area contributed by atoms with Crippen LogP contribution in [-0.2, 0) is 4.79 Å². The number of hydrogen-bond donors (Lipinski definition) is 1. The fraction of sp³-hybridized carbons (Fsp3) is 0.182. The first-order valence-corrected chi connectivity index (χ1v) is 5.47. The summed E-state index contributed by atoms with van der Waals surface area (Å²) < 4.78 is 1.56. The topological polar surface area (TPSA) is 59.8 Å². The first-order valence-electron chi connectivity index (χ1n) is 5.09. The molecule has 17 heavy (non-hydrogen) atoms. The summed E-state index contributed by atoms with van der Waals surface area (Å²) in [7, 11) is 0. The molecule has 0 fully saturated rings. The molecule has 1 amide bonds. The maximum Gasteiger partial charge on any atom is 0.250 e. The standard InChI is InChI=1S/C11H11ClN4O/c1-8(16-7-3-6-14-16)11(17)15-10-9(12)4-2-5-13-10/h2-8H,1H3,(H,13,15,17). The van der Waals surface area contributed by atoms with Crippen molar-refractivity contribution in [2.75, 3.05) is 5.32 Å². The van der Waals surface area contributed by atoms with Gasteiger partial charge in [-0.15, -0.1) is 0 Å². The van der Waals surface area contributed by atoms with E-state index in [1.807, 2.05) is 0 Å². The Morgan fingerprint density at radius 3 is 2.94 bits per heavy atom. The molecule has 0 saturated heterocycles. The smallest absolute Gasteiger partial charge is 0.250 e. The van der Waals surface area contributed by atoms with E-state index in [1.54, 1.807) is 48.4 Å². The van der Waals surface area contributed by atoms with Gasteiger partial charge in [-0.1, -0.05) is 11.6 Å². The summed E-state index contributed by atoms with van der Waals surface area (Å²) in [4.78, 5) is 15.9. The van der Waals surface area contributed by atoms with Crippen molar-refractivity contribution >= 4 is 23.3 Å². The second-order valence-corrected chi connectivity index (χ2v) is 3.89. The minimum absolute atomic E-state index is 0.214. The highest BCUT2D eigenvalue weighted by Crippen LogP contribution is 2.18. The number of aromatic nitrogens is 3. The lowest BCUT2D eigenvalue weighted by atomic mass is 10.3. The third-order valence-corrected chi connectivity index (χ3v) is 2.61. The highest BCUT2D eigenvalue weighted by molar-refractivity contribution is 6.33. The van der Waals surface area contributed by atoms with Crippen LogP contribution < -0.4 is 5.32 Å². The van der Waals surface area contributed by atoms with Crippen LogP contribution in [-0.4, -0.2) is 20.7 Å². The monoisotopic (exact) mass is 250 g/mol. The van der Waals surface area contributed by atoms with Crippen molar-refractivity contribution in [3.63, 3.8) is 0 Å². The second kappa shape index (κ2) is 4.97. The van der Waals surface area contributed by atoms with Crippen LogP contribution >= 0.6 is 11.6 Å².